The standard InChI is InChI=1S/C18H26ClN3O/c1-15-6-8-20(9-7-15)14-18(23)22-12-10-21(11-13-22)17-5-3-2-4-16(17)19/h2-5,15H,6-14H2,1H3. The number of rotatable bonds is 3. The fourth-order valence-corrected chi connectivity index (χ4v) is 3.67. The van der Waals surface area contributed by atoms with Gasteiger partial charge in [-0.2, -0.15) is 0 Å². The van der Waals surface area contributed by atoms with Crippen LogP contribution in [0.2, 0.25) is 5.02 Å². The quantitative estimate of drug-likeness (QED) is 0.849. The van der Waals surface area contributed by atoms with Gasteiger partial charge in [-0.05, 0) is 44.0 Å². The van der Waals surface area contributed by atoms with Gasteiger partial charge in [0.15, 0.2) is 0 Å². The van der Waals surface area contributed by atoms with Gasteiger partial charge in [-0.1, -0.05) is 30.7 Å². The monoisotopic (exact) mass is 335 g/mol. The molecule has 1 aromatic carbocycles. The molecule has 3 rings (SSSR count). The second kappa shape index (κ2) is 7.54. The Morgan fingerprint density at radius 2 is 1.74 bits per heavy atom. The lowest BCUT2D eigenvalue weighted by Gasteiger charge is -2.38. The Labute approximate surface area is 144 Å². The summed E-state index contributed by atoms with van der Waals surface area (Å²) >= 11 is 6.27. The molecule has 0 N–H and O–H groups in total. The van der Waals surface area contributed by atoms with Gasteiger partial charge in [0.05, 0.1) is 17.3 Å². The summed E-state index contributed by atoms with van der Waals surface area (Å²) in [7, 11) is 0. The summed E-state index contributed by atoms with van der Waals surface area (Å²) in [6.07, 6.45) is 2.43. The van der Waals surface area contributed by atoms with E-state index in [4.69, 9.17) is 11.6 Å². The molecule has 5 heteroatoms. The smallest absolute Gasteiger partial charge is 0.236 e. The molecule has 4 nitrogen and oxygen atoms in total. The summed E-state index contributed by atoms with van der Waals surface area (Å²) in [5.41, 5.74) is 1.08. The summed E-state index contributed by atoms with van der Waals surface area (Å²) in [4.78, 5) is 19.1. The van der Waals surface area contributed by atoms with Crippen molar-refractivity contribution in [3.05, 3.63) is 29.3 Å². The minimum Gasteiger partial charge on any atom is -0.367 e. The molecule has 2 aliphatic heterocycles. The lowest BCUT2D eigenvalue weighted by molar-refractivity contribution is -0.133. The number of halogens is 1. The zero-order valence-corrected chi connectivity index (χ0v) is 14.6. The van der Waals surface area contributed by atoms with E-state index in [1.54, 1.807) is 0 Å². The molecule has 2 fully saturated rings. The average Bonchev–Trinajstić information content (AvgIpc) is 2.57. The van der Waals surface area contributed by atoms with Crippen LogP contribution in [0.4, 0.5) is 5.69 Å². The molecule has 0 atom stereocenters. The normalized spacial score (nSPS) is 20.8. The third-order valence-corrected chi connectivity index (χ3v) is 5.38. The third-order valence-electron chi connectivity index (χ3n) is 5.06. The first kappa shape index (κ1) is 16.6. The van der Waals surface area contributed by atoms with Crippen LogP contribution in [0.15, 0.2) is 24.3 Å². The van der Waals surface area contributed by atoms with E-state index in [0.29, 0.717) is 6.54 Å². The number of amides is 1. The second-order valence-corrected chi connectivity index (χ2v) is 7.19. The van der Waals surface area contributed by atoms with Crippen LogP contribution in [0, 0.1) is 5.92 Å². The average molecular weight is 336 g/mol. The molecule has 0 radical (unpaired) electrons. The Bertz CT molecular complexity index is 535. The first-order valence-electron chi connectivity index (χ1n) is 8.63. The van der Waals surface area contributed by atoms with Gasteiger partial charge in [0.1, 0.15) is 0 Å². The van der Waals surface area contributed by atoms with Crippen LogP contribution in [0.5, 0.6) is 0 Å². The van der Waals surface area contributed by atoms with Crippen molar-refractivity contribution in [3.8, 4) is 0 Å². The SMILES string of the molecule is CC1CCN(CC(=O)N2CCN(c3ccccc3Cl)CC2)CC1. The van der Waals surface area contributed by atoms with Crippen molar-refractivity contribution in [2.24, 2.45) is 5.92 Å². The predicted molar refractivity (Wildman–Crippen MR) is 95.1 cm³/mol. The number of benzene rings is 1. The number of piperazine rings is 1. The van der Waals surface area contributed by atoms with Crippen molar-refractivity contribution >= 4 is 23.2 Å². The zero-order chi connectivity index (χ0) is 16.2. The molecule has 2 heterocycles. The fourth-order valence-electron chi connectivity index (χ4n) is 3.42. The van der Waals surface area contributed by atoms with Crippen LogP contribution in [-0.2, 0) is 4.79 Å². The highest BCUT2D eigenvalue weighted by Gasteiger charge is 2.25. The minimum atomic E-state index is 0.276. The van der Waals surface area contributed by atoms with Crippen molar-refractivity contribution in [2.75, 3.05) is 50.7 Å². The van der Waals surface area contributed by atoms with E-state index < -0.39 is 0 Å². The number of hydrogen-bond donors (Lipinski definition) is 0. The first-order chi connectivity index (χ1) is 11.1. The van der Waals surface area contributed by atoms with Gasteiger partial charge >= 0.3 is 0 Å². The summed E-state index contributed by atoms with van der Waals surface area (Å²) in [5, 5.41) is 0.787. The largest absolute Gasteiger partial charge is 0.367 e. The number of anilines is 1. The summed E-state index contributed by atoms with van der Waals surface area (Å²) in [5.74, 6) is 1.08. The van der Waals surface area contributed by atoms with Gasteiger partial charge in [0.25, 0.3) is 0 Å². The van der Waals surface area contributed by atoms with Gasteiger partial charge in [-0.15, -0.1) is 0 Å². The maximum atomic E-state index is 12.5. The van der Waals surface area contributed by atoms with Crippen LogP contribution < -0.4 is 4.90 Å². The Morgan fingerprint density at radius 1 is 1.09 bits per heavy atom. The summed E-state index contributed by atoms with van der Waals surface area (Å²) in [6.45, 7) is 8.28. The number of para-hydroxylation sites is 1. The van der Waals surface area contributed by atoms with E-state index in [1.165, 1.54) is 12.8 Å². The lowest BCUT2D eigenvalue weighted by Crippen LogP contribution is -2.52. The van der Waals surface area contributed by atoms with E-state index >= 15 is 0 Å². The van der Waals surface area contributed by atoms with Gasteiger partial charge in [0.2, 0.25) is 5.91 Å². The summed E-state index contributed by atoms with van der Waals surface area (Å²) in [6, 6.07) is 7.93. The number of carbonyl (C=O) groups is 1. The second-order valence-electron chi connectivity index (χ2n) is 6.78. The van der Waals surface area contributed by atoms with Crippen LogP contribution >= 0.6 is 11.6 Å². The molecule has 0 bridgehead atoms. The molecular formula is C18H26ClN3O. The van der Waals surface area contributed by atoms with Crippen LogP contribution in [0.1, 0.15) is 19.8 Å². The highest BCUT2D eigenvalue weighted by Crippen LogP contribution is 2.26. The highest BCUT2D eigenvalue weighted by molar-refractivity contribution is 6.33. The number of hydrogen-bond acceptors (Lipinski definition) is 3. The van der Waals surface area contributed by atoms with E-state index in [0.717, 1.165) is 55.9 Å². The molecule has 2 aliphatic rings. The third kappa shape index (κ3) is 4.18. The Morgan fingerprint density at radius 3 is 2.39 bits per heavy atom. The number of carbonyl (C=O) groups excluding carboxylic acids is 1. The van der Waals surface area contributed by atoms with E-state index in [9.17, 15) is 4.79 Å². The molecule has 0 aromatic heterocycles. The molecule has 0 unspecified atom stereocenters. The van der Waals surface area contributed by atoms with E-state index in [2.05, 4.69) is 22.8 Å². The molecule has 126 valence electrons. The molecule has 1 aromatic rings. The zero-order valence-electron chi connectivity index (χ0n) is 13.9. The minimum absolute atomic E-state index is 0.276. The topological polar surface area (TPSA) is 26.8 Å². The maximum Gasteiger partial charge on any atom is 0.236 e. The highest BCUT2D eigenvalue weighted by atomic mass is 35.5. The Balaban J connectivity index is 1.49. The first-order valence-corrected chi connectivity index (χ1v) is 9.01. The van der Waals surface area contributed by atoms with Crippen molar-refractivity contribution in [1.29, 1.82) is 0 Å². The fraction of sp³-hybridized carbons (Fsp3) is 0.611. The van der Waals surface area contributed by atoms with Crippen molar-refractivity contribution < 1.29 is 4.79 Å². The van der Waals surface area contributed by atoms with Crippen LogP contribution in [-0.4, -0.2) is 61.5 Å². The van der Waals surface area contributed by atoms with Crippen molar-refractivity contribution in [2.45, 2.75) is 19.8 Å². The molecule has 1 amide bonds. The molecule has 2 saturated heterocycles. The van der Waals surface area contributed by atoms with Gasteiger partial charge in [-0.25, -0.2) is 0 Å². The summed E-state index contributed by atoms with van der Waals surface area (Å²) < 4.78 is 0. The predicted octanol–water partition coefficient (Wildman–Crippen LogP) is 2.72. The lowest BCUT2D eigenvalue weighted by atomic mass is 9.99. The van der Waals surface area contributed by atoms with Gasteiger partial charge < -0.3 is 9.80 Å². The number of piperidine rings is 1. The molecular weight excluding hydrogens is 310 g/mol. The molecule has 0 spiro atoms. The molecule has 0 aliphatic carbocycles. The van der Waals surface area contributed by atoms with Gasteiger partial charge in [0, 0.05) is 26.2 Å². The van der Waals surface area contributed by atoms with Crippen LogP contribution in [0.3, 0.4) is 0 Å². The Kier molecular flexibility index (Phi) is 5.44. The van der Waals surface area contributed by atoms with E-state index in [-0.39, 0.29) is 5.91 Å². The maximum absolute atomic E-state index is 12.5. The van der Waals surface area contributed by atoms with Crippen molar-refractivity contribution in [1.82, 2.24) is 9.80 Å². The van der Waals surface area contributed by atoms with Crippen molar-refractivity contribution in [3.63, 3.8) is 0 Å². The van der Waals surface area contributed by atoms with E-state index in [1.807, 2.05) is 23.1 Å². The van der Waals surface area contributed by atoms with Gasteiger partial charge in [-0.3, -0.25) is 9.69 Å². The Hall–Kier alpha value is -1.26. The number of likely N-dealkylation sites (tertiary alicyclic amines) is 1. The number of nitrogens with zero attached hydrogens (tertiary/aromatic N) is 3. The molecule has 0 saturated carbocycles. The van der Waals surface area contributed by atoms with Crippen LogP contribution in [0.25, 0.3) is 0 Å². The molecule has 23 heavy (non-hydrogen) atoms.